The summed E-state index contributed by atoms with van der Waals surface area (Å²) in [6.45, 7) is 3.29. The van der Waals surface area contributed by atoms with Gasteiger partial charge in [-0.1, -0.05) is 6.07 Å². The molecule has 3 atom stereocenters. The third-order valence-electron chi connectivity index (χ3n) is 8.08. The van der Waals surface area contributed by atoms with Crippen molar-refractivity contribution in [3.05, 3.63) is 52.5 Å². The molecular weight excluding hydrogens is 501 g/mol. The van der Waals surface area contributed by atoms with Gasteiger partial charge in [0.05, 0.1) is 19.3 Å². The number of benzene rings is 1. The van der Waals surface area contributed by atoms with Gasteiger partial charge in [0, 0.05) is 50.2 Å². The molecule has 212 valence electrons. The van der Waals surface area contributed by atoms with Gasteiger partial charge in [-0.25, -0.2) is 9.37 Å². The Morgan fingerprint density at radius 3 is 2.95 bits per heavy atom. The largest absolute Gasteiger partial charge is 0.496 e. The van der Waals surface area contributed by atoms with Gasteiger partial charge in [0.1, 0.15) is 23.4 Å². The highest BCUT2D eigenvalue weighted by molar-refractivity contribution is 5.76. The predicted octanol–water partition coefficient (Wildman–Crippen LogP) is 5.07. The Labute approximate surface area is 229 Å². The fourth-order valence-electron chi connectivity index (χ4n) is 6.10. The number of rotatable bonds is 11. The van der Waals surface area contributed by atoms with Crippen molar-refractivity contribution in [3.63, 3.8) is 0 Å². The molecule has 2 N–H and O–H groups in total. The Bertz CT molecular complexity index is 1120. The van der Waals surface area contributed by atoms with Crippen molar-refractivity contribution in [1.29, 1.82) is 0 Å². The molecule has 9 heteroatoms. The van der Waals surface area contributed by atoms with Gasteiger partial charge in [0.25, 0.3) is 0 Å². The summed E-state index contributed by atoms with van der Waals surface area (Å²) in [5, 5.41) is 13.6. The standard InChI is InChI=1S/C30H40FN3O5/c1-37-27-18-21(33-29-24(27)8-6-13-32-29)7-2-4-15-38-22-12-14-34(19-22)28(30(35)36)25-17-20(31)10-11-23(25)26-9-3-5-16-39-26/h10-11,17-18,22,26,28H,2-9,12-16,19H2,1H3,(H,32,33)(H,35,36). The number of methoxy groups -OCH3 is 1. The van der Waals surface area contributed by atoms with Crippen molar-refractivity contribution in [2.45, 2.75) is 76.0 Å². The van der Waals surface area contributed by atoms with Crippen LogP contribution in [0.25, 0.3) is 0 Å². The molecule has 8 nitrogen and oxygen atoms in total. The molecule has 39 heavy (non-hydrogen) atoms. The monoisotopic (exact) mass is 541 g/mol. The van der Waals surface area contributed by atoms with E-state index in [1.165, 1.54) is 12.1 Å². The number of ether oxygens (including phenoxy) is 3. The van der Waals surface area contributed by atoms with Crippen LogP contribution in [0, 0.1) is 5.82 Å². The van der Waals surface area contributed by atoms with Crippen LogP contribution in [0.4, 0.5) is 10.2 Å². The number of nitrogens with one attached hydrogen (secondary N) is 1. The predicted molar refractivity (Wildman–Crippen MR) is 146 cm³/mol. The molecule has 0 spiro atoms. The molecule has 1 aromatic carbocycles. The molecule has 0 radical (unpaired) electrons. The molecule has 1 aromatic heterocycles. The zero-order valence-electron chi connectivity index (χ0n) is 22.8. The molecule has 0 saturated carbocycles. The maximum absolute atomic E-state index is 14.3. The SMILES string of the molecule is COc1cc(CCCCOC2CCN(C(C(=O)O)c3cc(F)ccc3C3CCCCO3)C2)nc2c1CCCN2. The molecular formula is C30H40FN3O5. The first-order chi connectivity index (χ1) is 19.0. The highest BCUT2D eigenvalue weighted by atomic mass is 19.1. The van der Waals surface area contributed by atoms with E-state index in [4.69, 9.17) is 19.2 Å². The van der Waals surface area contributed by atoms with Gasteiger partial charge < -0.3 is 24.6 Å². The van der Waals surface area contributed by atoms with Crippen molar-refractivity contribution in [2.75, 3.05) is 45.3 Å². The number of nitrogens with zero attached hydrogens (tertiary/aromatic N) is 2. The number of unbranched alkanes of at least 4 members (excludes halogenated alkanes) is 1. The number of halogens is 1. The van der Waals surface area contributed by atoms with Crippen LogP contribution < -0.4 is 10.1 Å². The second-order valence-electron chi connectivity index (χ2n) is 10.8. The van der Waals surface area contributed by atoms with E-state index in [2.05, 4.69) is 5.32 Å². The quantitative estimate of drug-likeness (QED) is 0.381. The first kappa shape index (κ1) is 27.8. The number of likely N-dealkylation sites (tertiary alicyclic amines) is 1. The van der Waals surface area contributed by atoms with E-state index >= 15 is 0 Å². The van der Waals surface area contributed by atoms with E-state index in [9.17, 15) is 14.3 Å². The number of carboxylic acid groups (broad SMARTS) is 1. The van der Waals surface area contributed by atoms with E-state index < -0.39 is 17.8 Å². The molecule has 2 saturated heterocycles. The highest BCUT2D eigenvalue weighted by Gasteiger charge is 2.36. The molecule has 0 aliphatic carbocycles. The molecule has 0 bridgehead atoms. The van der Waals surface area contributed by atoms with Crippen molar-refractivity contribution in [1.82, 2.24) is 9.88 Å². The summed E-state index contributed by atoms with van der Waals surface area (Å²) in [6.07, 6.45) is 8.11. The summed E-state index contributed by atoms with van der Waals surface area (Å²) in [7, 11) is 1.71. The number of hydrogen-bond acceptors (Lipinski definition) is 7. The van der Waals surface area contributed by atoms with Crippen LogP contribution in [0.3, 0.4) is 0 Å². The summed E-state index contributed by atoms with van der Waals surface area (Å²) in [5.74, 6) is 0.460. The van der Waals surface area contributed by atoms with Gasteiger partial charge >= 0.3 is 5.97 Å². The first-order valence-electron chi connectivity index (χ1n) is 14.3. The first-order valence-corrected chi connectivity index (χ1v) is 14.3. The van der Waals surface area contributed by atoms with Gasteiger partial charge in [-0.15, -0.1) is 0 Å². The number of aliphatic carboxylic acids is 1. The number of fused-ring (bicyclic) bond motifs is 1. The van der Waals surface area contributed by atoms with E-state index in [1.807, 2.05) is 11.0 Å². The second-order valence-corrected chi connectivity index (χ2v) is 10.8. The topological polar surface area (TPSA) is 93.2 Å². The van der Waals surface area contributed by atoms with E-state index in [0.29, 0.717) is 31.9 Å². The number of hydrogen-bond donors (Lipinski definition) is 2. The number of carboxylic acids is 1. The smallest absolute Gasteiger partial charge is 0.325 e. The summed E-state index contributed by atoms with van der Waals surface area (Å²) < 4.78 is 32.0. The highest BCUT2D eigenvalue weighted by Crippen LogP contribution is 2.37. The van der Waals surface area contributed by atoms with Crippen LogP contribution in [-0.4, -0.2) is 67.0 Å². The van der Waals surface area contributed by atoms with Crippen molar-refractivity contribution < 1.29 is 28.5 Å². The number of anilines is 1. The lowest BCUT2D eigenvalue weighted by molar-refractivity contribution is -0.143. The molecule has 3 aliphatic heterocycles. The van der Waals surface area contributed by atoms with Crippen LogP contribution in [0.2, 0.25) is 0 Å². The van der Waals surface area contributed by atoms with Crippen molar-refractivity contribution in [3.8, 4) is 5.75 Å². The Balaban J connectivity index is 1.14. The third kappa shape index (κ3) is 6.70. The Morgan fingerprint density at radius 2 is 2.15 bits per heavy atom. The molecule has 3 aliphatic rings. The number of aryl methyl sites for hydroxylation is 1. The number of pyridine rings is 1. The molecule has 5 rings (SSSR count). The summed E-state index contributed by atoms with van der Waals surface area (Å²) in [5.41, 5.74) is 3.47. The minimum absolute atomic E-state index is 0.0408. The number of carbonyl (C=O) groups is 1. The maximum Gasteiger partial charge on any atom is 0.325 e. The van der Waals surface area contributed by atoms with E-state index in [-0.39, 0.29) is 12.2 Å². The van der Waals surface area contributed by atoms with Crippen LogP contribution >= 0.6 is 0 Å². The lowest BCUT2D eigenvalue weighted by Crippen LogP contribution is -2.34. The second kappa shape index (κ2) is 13.1. The van der Waals surface area contributed by atoms with Crippen LogP contribution in [0.15, 0.2) is 24.3 Å². The zero-order chi connectivity index (χ0) is 27.2. The van der Waals surface area contributed by atoms with E-state index in [0.717, 1.165) is 92.7 Å². The Kier molecular flexibility index (Phi) is 9.32. The lowest BCUT2D eigenvalue weighted by Gasteiger charge is -2.30. The summed E-state index contributed by atoms with van der Waals surface area (Å²) >= 11 is 0. The van der Waals surface area contributed by atoms with Crippen LogP contribution in [-0.2, 0) is 27.1 Å². The molecule has 3 unspecified atom stereocenters. The summed E-state index contributed by atoms with van der Waals surface area (Å²) in [4.78, 5) is 19.1. The van der Waals surface area contributed by atoms with Crippen LogP contribution in [0.1, 0.15) is 79.5 Å². The Morgan fingerprint density at radius 1 is 1.26 bits per heavy atom. The van der Waals surface area contributed by atoms with Gasteiger partial charge in [0.2, 0.25) is 0 Å². The Hall–Kier alpha value is -2.75. The van der Waals surface area contributed by atoms with E-state index in [1.54, 1.807) is 13.2 Å². The third-order valence-corrected chi connectivity index (χ3v) is 8.08. The molecule has 0 amide bonds. The van der Waals surface area contributed by atoms with Crippen LogP contribution in [0.5, 0.6) is 5.75 Å². The lowest BCUT2D eigenvalue weighted by atomic mass is 9.92. The van der Waals surface area contributed by atoms with Gasteiger partial charge in [-0.3, -0.25) is 9.69 Å². The molecule has 4 heterocycles. The van der Waals surface area contributed by atoms with Gasteiger partial charge in [-0.2, -0.15) is 0 Å². The fraction of sp³-hybridized carbons (Fsp3) is 0.600. The minimum atomic E-state index is -0.972. The van der Waals surface area contributed by atoms with Crippen molar-refractivity contribution >= 4 is 11.8 Å². The molecule has 2 fully saturated rings. The average molecular weight is 542 g/mol. The van der Waals surface area contributed by atoms with Gasteiger partial charge in [-0.05, 0) is 81.0 Å². The normalized spacial score (nSPS) is 22.2. The summed E-state index contributed by atoms with van der Waals surface area (Å²) in [6, 6.07) is 5.60. The average Bonchev–Trinajstić information content (AvgIpc) is 3.41. The maximum atomic E-state index is 14.3. The minimum Gasteiger partial charge on any atom is -0.496 e. The molecule has 2 aromatic rings. The zero-order valence-corrected chi connectivity index (χ0v) is 22.8. The fourth-order valence-corrected chi connectivity index (χ4v) is 6.10. The van der Waals surface area contributed by atoms with Crippen molar-refractivity contribution in [2.24, 2.45) is 0 Å². The van der Waals surface area contributed by atoms with Gasteiger partial charge in [0.15, 0.2) is 0 Å². The number of aromatic nitrogens is 1.